The van der Waals surface area contributed by atoms with Crippen molar-refractivity contribution in [3.05, 3.63) is 0 Å². The molecule has 2 fully saturated rings. The van der Waals surface area contributed by atoms with E-state index in [2.05, 4.69) is 12.2 Å². The smallest absolute Gasteiger partial charge is 0.317 e. The van der Waals surface area contributed by atoms with Crippen LogP contribution in [0.3, 0.4) is 0 Å². The summed E-state index contributed by atoms with van der Waals surface area (Å²) in [5, 5.41) is 12.1. The van der Waals surface area contributed by atoms with Gasteiger partial charge in [0.2, 0.25) is 0 Å². The summed E-state index contributed by atoms with van der Waals surface area (Å²) in [6, 6.07) is -0.0319. The molecule has 1 saturated heterocycles. The van der Waals surface area contributed by atoms with E-state index < -0.39 is 11.9 Å². The first-order valence-corrected chi connectivity index (χ1v) is 7.29. The van der Waals surface area contributed by atoms with Crippen molar-refractivity contribution >= 4 is 12.0 Å². The fraction of sp³-hybridized carbons (Fsp3) is 0.857. The summed E-state index contributed by atoms with van der Waals surface area (Å²) >= 11 is 0. The number of nitrogens with zero attached hydrogens (tertiary/aromatic N) is 1. The third-order valence-electron chi connectivity index (χ3n) is 4.68. The number of carbonyl (C=O) groups excluding carboxylic acids is 1. The average molecular weight is 268 g/mol. The Labute approximate surface area is 114 Å². The molecule has 0 aromatic heterocycles. The van der Waals surface area contributed by atoms with Gasteiger partial charge in [-0.15, -0.1) is 0 Å². The number of carboxylic acids is 1. The molecule has 0 bridgehead atoms. The second-order valence-corrected chi connectivity index (χ2v) is 6.07. The van der Waals surface area contributed by atoms with Gasteiger partial charge in [-0.3, -0.25) is 4.79 Å². The zero-order chi connectivity index (χ0) is 14.0. The maximum Gasteiger partial charge on any atom is 0.317 e. The zero-order valence-electron chi connectivity index (χ0n) is 11.8. The third-order valence-corrected chi connectivity index (χ3v) is 4.68. The van der Waals surface area contributed by atoms with Gasteiger partial charge in [0, 0.05) is 18.6 Å². The number of carboxylic acid groups (broad SMARTS) is 1. The van der Waals surface area contributed by atoms with Crippen molar-refractivity contribution in [3.8, 4) is 0 Å². The minimum atomic E-state index is -0.797. The fourth-order valence-corrected chi connectivity index (χ4v) is 3.22. The molecule has 5 nitrogen and oxygen atoms in total. The van der Waals surface area contributed by atoms with E-state index in [0.29, 0.717) is 13.0 Å². The Morgan fingerprint density at radius 2 is 1.74 bits per heavy atom. The second-order valence-electron chi connectivity index (χ2n) is 6.07. The van der Waals surface area contributed by atoms with Crippen molar-refractivity contribution in [3.63, 3.8) is 0 Å². The molecular weight excluding hydrogens is 244 g/mol. The minimum Gasteiger partial charge on any atom is -0.481 e. The molecule has 2 rings (SSSR count). The number of aliphatic carboxylic acids is 1. The van der Waals surface area contributed by atoms with E-state index in [1.807, 2.05) is 6.92 Å². The molecule has 19 heavy (non-hydrogen) atoms. The number of hydrogen-bond acceptors (Lipinski definition) is 2. The number of rotatable bonds is 2. The molecule has 2 atom stereocenters. The molecular formula is C14H24N2O3. The second kappa shape index (κ2) is 5.80. The lowest BCUT2D eigenvalue weighted by Gasteiger charge is -2.30. The molecule has 1 aliphatic heterocycles. The molecule has 5 heteroatoms. The van der Waals surface area contributed by atoms with Gasteiger partial charge in [0.25, 0.3) is 0 Å². The Bertz CT molecular complexity index is 351. The average Bonchev–Trinajstić information content (AvgIpc) is 2.74. The van der Waals surface area contributed by atoms with Gasteiger partial charge in [-0.05, 0) is 44.9 Å². The molecule has 2 amide bonds. The standard InChI is InChI=1S/C14H24N2O3/c1-9-3-5-11(6-4-9)15-14(19)16-8-7-12(10(16)2)13(17)18/h9-12H,3-8H2,1-2H3,(H,15,19)(H,17,18). The largest absolute Gasteiger partial charge is 0.481 e. The van der Waals surface area contributed by atoms with Crippen molar-refractivity contribution in [2.24, 2.45) is 11.8 Å². The lowest BCUT2D eigenvalue weighted by molar-refractivity contribution is -0.142. The quantitative estimate of drug-likeness (QED) is 0.805. The Morgan fingerprint density at radius 3 is 2.26 bits per heavy atom. The van der Waals surface area contributed by atoms with Crippen LogP contribution in [-0.2, 0) is 4.79 Å². The highest BCUT2D eigenvalue weighted by atomic mass is 16.4. The maximum atomic E-state index is 12.2. The topological polar surface area (TPSA) is 69.6 Å². The van der Waals surface area contributed by atoms with Crippen molar-refractivity contribution in [1.29, 1.82) is 0 Å². The predicted molar refractivity (Wildman–Crippen MR) is 71.9 cm³/mol. The maximum absolute atomic E-state index is 12.2. The van der Waals surface area contributed by atoms with Gasteiger partial charge >= 0.3 is 12.0 Å². The van der Waals surface area contributed by atoms with Crippen molar-refractivity contribution in [2.75, 3.05) is 6.54 Å². The van der Waals surface area contributed by atoms with Gasteiger partial charge in [-0.25, -0.2) is 4.79 Å². The van der Waals surface area contributed by atoms with Crippen molar-refractivity contribution in [2.45, 2.75) is 58.0 Å². The number of likely N-dealkylation sites (tertiary alicyclic amines) is 1. The van der Waals surface area contributed by atoms with Crippen LogP contribution in [0.2, 0.25) is 0 Å². The van der Waals surface area contributed by atoms with Crippen LogP contribution < -0.4 is 5.32 Å². The molecule has 1 heterocycles. The van der Waals surface area contributed by atoms with Crippen LogP contribution >= 0.6 is 0 Å². The van der Waals surface area contributed by atoms with Gasteiger partial charge in [-0.1, -0.05) is 6.92 Å². The molecule has 0 spiro atoms. The Hall–Kier alpha value is -1.26. The summed E-state index contributed by atoms with van der Waals surface area (Å²) in [5.74, 6) is -0.457. The highest BCUT2D eigenvalue weighted by Gasteiger charge is 2.38. The van der Waals surface area contributed by atoms with Gasteiger partial charge in [-0.2, -0.15) is 0 Å². The van der Waals surface area contributed by atoms with Gasteiger partial charge < -0.3 is 15.3 Å². The zero-order valence-corrected chi connectivity index (χ0v) is 11.8. The third kappa shape index (κ3) is 3.19. The van der Waals surface area contributed by atoms with E-state index in [9.17, 15) is 9.59 Å². The first-order valence-electron chi connectivity index (χ1n) is 7.29. The summed E-state index contributed by atoms with van der Waals surface area (Å²) in [4.78, 5) is 24.9. The monoisotopic (exact) mass is 268 g/mol. The van der Waals surface area contributed by atoms with E-state index in [4.69, 9.17) is 5.11 Å². The number of carbonyl (C=O) groups is 2. The van der Waals surface area contributed by atoms with Gasteiger partial charge in [0.15, 0.2) is 0 Å². The number of nitrogens with one attached hydrogen (secondary N) is 1. The first-order chi connectivity index (χ1) is 8.99. The van der Waals surface area contributed by atoms with E-state index >= 15 is 0 Å². The lowest BCUT2D eigenvalue weighted by atomic mass is 9.87. The summed E-state index contributed by atoms with van der Waals surface area (Å²) < 4.78 is 0. The minimum absolute atomic E-state index is 0.0872. The van der Waals surface area contributed by atoms with Crippen LogP contribution in [0, 0.1) is 11.8 Å². The lowest BCUT2D eigenvalue weighted by Crippen LogP contribution is -2.48. The molecule has 0 aromatic rings. The summed E-state index contributed by atoms with van der Waals surface area (Å²) in [6.45, 7) is 4.62. The predicted octanol–water partition coefficient (Wildman–Crippen LogP) is 2.07. The van der Waals surface area contributed by atoms with Crippen molar-refractivity contribution in [1.82, 2.24) is 10.2 Å². The number of hydrogen-bond donors (Lipinski definition) is 2. The molecule has 2 N–H and O–H groups in total. The Balaban J connectivity index is 1.85. The first kappa shape index (κ1) is 14.2. The number of amides is 2. The molecule has 108 valence electrons. The normalized spacial score (nSPS) is 35.2. The molecule has 2 unspecified atom stereocenters. The van der Waals surface area contributed by atoms with Crippen LogP contribution in [0.25, 0.3) is 0 Å². The van der Waals surface area contributed by atoms with Crippen LogP contribution in [0.4, 0.5) is 4.79 Å². The molecule has 0 radical (unpaired) electrons. The van der Waals surface area contributed by atoms with Gasteiger partial charge in [0.1, 0.15) is 0 Å². The number of urea groups is 1. The Morgan fingerprint density at radius 1 is 1.11 bits per heavy atom. The van der Waals surface area contributed by atoms with E-state index in [1.165, 1.54) is 0 Å². The SMILES string of the molecule is CC1CCC(NC(=O)N2CCC(C(=O)O)C2C)CC1. The summed E-state index contributed by atoms with van der Waals surface area (Å²) in [7, 11) is 0. The van der Waals surface area contributed by atoms with E-state index in [1.54, 1.807) is 4.90 Å². The van der Waals surface area contributed by atoms with E-state index in [0.717, 1.165) is 31.6 Å². The fourth-order valence-electron chi connectivity index (χ4n) is 3.22. The Kier molecular flexibility index (Phi) is 4.32. The van der Waals surface area contributed by atoms with Gasteiger partial charge in [0.05, 0.1) is 5.92 Å². The molecule has 1 aliphatic carbocycles. The molecule has 1 saturated carbocycles. The van der Waals surface area contributed by atoms with Crippen LogP contribution in [0.15, 0.2) is 0 Å². The van der Waals surface area contributed by atoms with Crippen LogP contribution in [0.1, 0.15) is 46.0 Å². The summed E-state index contributed by atoms with van der Waals surface area (Å²) in [6.07, 6.45) is 4.97. The molecule has 0 aromatic carbocycles. The highest BCUT2D eigenvalue weighted by Crippen LogP contribution is 2.26. The van der Waals surface area contributed by atoms with Crippen molar-refractivity contribution < 1.29 is 14.7 Å². The van der Waals surface area contributed by atoms with Crippen LogP contribution in [0.5, 0.6) is 0 Å². The summed E-state index contributed by atoms with van der Waals surface area (Å²) in [5.41, 5.74) is 0. The molecule has 2 aliphatic rings. The highest BCUT2D eigenvalue weighted by molar-refractivity contribution is 5.78. The van der Waals surface area contributed by atoms with E-state index in [-0.39, 0.29) is 18.1 Å². The van der Waals surface area contributed by atoms with Crippen LogP contribution in [-0.4, -0.2) is 40.6 Å².